The van der Waals surface area contributed by atoms with Gasteiger partial charge in [-0.3, -0.25) is 9.69 Å². The predicted octanol–water partition coefficient (Wildman–Crippen LogP) is 3.34. The van der Waals surface area contributed by atoms with Crippen molar-refractivity contribution in [1.82, 2.24) is 10.2 Å². The Bertz CT molecular complexity index is 560. The molecular formula is C16H20F4N2O. The van der Waals surface area contributed by atoms with Crippen molar-refractivity contribution >= 4 is 5.91 Å². The first-order valence-corrected chi connectivity index (χ1v) is 7.70. The minimum atomic E-state index is -4.58. The number of carbonyl (C=O) groups excluding carboxylic acids is 1. The summed E-state index contributed by atoms with van der Waals surface area (Å²) in [6.07, 6.45) is -1.95. The Morgan fingerprint density at radius 3 is 2.74 bits per heavy atom. The van der Waals surface area contributed by atoms with E-state index in [-0.39, 0.29) is 24.1 Å². The van der Waals surface area contributed by atoms with Crippen molar-refractivity contribution < 1.29 is 22.4 Å². The van der Waals surface area contributed by atoms with Gasteiger partial charge in [-0.1, -0.05) is 13.3 Å². The molecule has 128 valence electrons. The molecule has 1 aromatic carbocycles. The van der Waals surface area contributed by atoms with Crippen LogP contribution in [0.5, 0.6) is 0 Å². The summed E-state index contributed by atoms with van der Waals surface area (Å²) in [4.78, 5) is 14.3. The van der Waals surface area contributed by atoms with Gasteiger partial charge in [-0.15, -0.1) is 0 Å². The van der Waals surface area contributed by atoms with Gasteiger partial charge in [-0.25, -0.2) is 4.39 Å². The number of alkyl halides is 3. The molecule has 1 aromatic rings. The number of rotatable bonds is 4. The number of hydrogen-bond acceptors (Lipinski definition) is 2. The zero-order valence-corrected chi connectivity index (χ0v) is 12.9. The standard InChI is InChI=1S/C16H20F4N2O/c1-2-22-8-4-3-5-14(22)15(23)21-10-11-9-12(17)6-7-13(11)16(18,19)20/h6-7,9,14H,2-5,8,10H2,1H3,(H,21,23). The summed E-state index contributed by atoms with van der Waals surface area (Å²) >= 11 is 0. The van der Waals surface area contributed by atoms with Crippen LogP contribution >= 0.6 is 0 Å². The average molecular weight is 332 g/mol. The van der Waals surface area contributed by atoms with E-state index in [0.717, 1.165) is 31.5 Å². The summed E-state index contributed by atoms with van der Waals surface area (Å²) in [5, 5.41) is 2.53. The van der Waals surface area contributed by atoms with Crippen LogP contribution in [0.15, 0.2) is 18.2 Å². The highest BCUT2D eigenvalue weighted by atomic mass is 19.4. The van der Waals surface area contributed by atoms with Crippen molar-refractivity contribution in [2.45, 2.75) is 44.9 Å². The smallest absolute Gasteiger partial charge is 0.351 e. The number of carbonyl (C=O) groups is 1. The van der Waals surface area contributed by atoms with Gasteiger partial charge in [-0.2, -0.15) is 13.2 Å². The normalized spacial score (nSPS) is 19.6. The van der Waals surface area contributed by atoms with E-state index >= 15 is 0 Å². The molecule has 23 heavy (non-hydrogen) atoms. The predicted molar refractivity (Wildman–Crippen MR) is 78.1 cm³/mol. The lowest BCUT2D eigenvalue weighted by atomic mass is 10.0. The van der Waals surface area contributed by atoms with Gasteiger partial charge in [0.15, 0.2) is 0 Å². The minimum Gasteiger partial charge on any atom is -0.351 e. The number of nitrogens with zero attached hydrogens (tertiary/aromatic N) is 1. The van der Waals surface area contributed by atoms with Gasteiger partial charge < -0.3 is 5.32 Å². The van der Waals surface area contributed by atoms with Gasteiger partial charge in [0.1, 0.15) is 5.82 Å². The first-order valence-electron chi connectivity index (χ1n) is 7.70. The Hall–Kier alpha value is -1.63. The fourth-order valence-corrected chi connectivity index (χ4v) is 2.95. The maximum atomic E-state index is 13.2. The second-order valence-electron chi connectivity index (χ2n) is 5.66. The van der Waals surface area contributed by atoms with Gasteiger partial charge in [-0.05, 0) is 49.7 Å². The molecule has 1 N–H and O–H groups in total. The molecule has 7 heteroatoms. The molecule has 1 atom stereocenters. The molecule has 0 spiro atoms. The Morgan fingerprint density at radius 1 is 1.35 bits per heavy atom. The monoisotopic (exact) mass is 332 g/mol. The highest BCUT2D eigenvalue weighted by Crippen LogP contribution is 2.32. The maximum absolute atomic E-state index is 13.2. The first-order chi connectivity index (χ1) is 10.8. The fourth-order valence-electron chi connectivity index (χ4n) is 2.95. The second-order valence-corrected chi connectivity index (χ2v) is 5.66. The van der Waals surface area contributed by atoms with E-state index in [2.05, 4.69) is 5.32 Å². The van der Waals surface area contributed by atoms with Crippen LogP contribution in [-0.4, -0.2) is 29.9 Å². The number of nitrogens with one attached hydrogen (secondary N) is 1. The lowest BCUT2D eigenvalue weighted by Crippen LogP contribution is -2.49. The number of amides is 1. The van der Waals surface area contributed by atoms with E-state index in [1.54, 1.807) is 0 Å². The van der Waals surface area contributed by atoms with Crippen LogP contribution in [0.2, 0.25) is 0 Å². The maximum Gasteiger partial charge on any atom is 0.416 e. The lowest BCUT2D eigenvalue weighted by molar-refractivity contribution is -0.138. The SMILES string of the molecule is CCN1CCCCC1C(=O)NCc1cc(F)ccc1C(F)(F)F. The molecule has 0 aromatic heterocycles. The first kappa shape index (κ1) is 17.7. The molecule has 1 amide bonds. The second kappa shape index (κ2) is 7.29. The Balaban J connectivity index is 2.08. The third kappa shape index (κ3) is 4.43. The summed E-state index contributed by atoms with van der Waals surface area (Å²) in [5.74, 6) is -1.06. The molecule has 1 fully saturated rings. The molecule has 1 aliphatic rings. The van der Waals surface area contributed by atoms with Crippen LogP contribution < -0.4 is 5.32 Å². The Kier molecular flexibility index (Phi) is 5.62. The van der Waals surface area contributed by atoms with E-state index < -0.39 is 17.6 Å². The van der Waals surface area contributed by atoms with Gasteiger partial charge in [0, 0.05) is 6.54 Å². The van der Waals surface area contributed by atoms with Crippen molar-refractivity contribution in [3.05, 3.63) is 35.1 Å². The summed E-state index contributed by atoms with van der Waals surface area (Å²) in [5.41, 5.74) is -1.18. The van der Waals surface area contributed by atoms with Gasteiger partial charge in [0.2, 0.25) is 5.91 Å². The third-order valence-electron chi connectivity index (χ3n) is 4.15. The van der Waals surface area contributed by atoms with Crippen molar-refractivity contribution in [2.24, 2.45) is 0 Å². The third-order valence-corrected chi connectivity index (χ3v) is 4.15. The molecular weight excluding hydrogens is 312 g/mol. The van der Waals surface area contributed by atoms with E-state index in [4.69, 9.17) is 0 Å². The highest BCUT2D eigenvalue weighted by Gasteiger charge is 2.34. The van der Waals surface area contributed by atoms with Crippen molar-refractivity contribution in [3.8, 4) is 0 Å². The van der Waals surface area contributed by atoms with Crippen LogP contribution in [0.4, 0.5) is 17.6 Å². The molecule has 1 heterocycles. The Labute approximate surface area is 132 Å². The van der Waals surface area contributed by atoms with Crippen LogP contribution in [0.1, 0.15) is 37.3 Å². The summed E-state index contributed by atoms with van der Waals surface area (Å²) < 4.78 is 52.0. The Morgan fingerprint density at radius 2 is 2.09 bits per heavy atom. The van der Waals surface area contributed by atoms with Crippen LogP contribution in [0.3, 0.4) is 0 Å². The summed E-state index contributed by atoms with van der Waals surface area (Å²) in [7, 11) is 0. The van der Waals surface area contributed by atoms with E-state index in [0.29, 0.717) is 19.0 Å². The zero-order chi connectivity index (χ0) is 17.0. The number of piperidine rings is 1. The van der Waals surface area contributed by atoms with Crippen LogP contribution in [0.25, 0.3) is 0 Å². The molecule has 0 bridgehead atoms. The number of benzene rings is 1. The van der Waals surface area contributed by atoms with Gasteiger partial charge in [0.05, 0.1) is 11.6 Å². The summed E-state index contributed by atoms with van der Waals surface area (Å²) in [6, 6.07) is 1.97. The van der Waals surface area contributed by atoms with Gasteiger partial charge in [0.25, 0.3) is 0 Å². The number of likely N-dealkylation sites (tertiary alicyclic amines) is 1. The fraction of sp³-hybridized carbons (Fsp3) is 0.562. The van der Waals surface area contributed by atoms with Gasteiger partial charge >= 0.3 is 6.18 Å². The topological polar surface area (TPSA) is 32.3 Å². The lowest BCUT2D eigenvalue weighted by Gasteiger charge is -2.33. The number of hydrogen-bond donors (Lipinski definition) is 1. The molecule has 0 radical (unpaired) electrons. The molecule has 1 unspecified atom stereocenters. The highest BCUT2D eigenvalue weighted by molar-refractivity contribution is 5.81. The number of likely N-dealkylation sites (N-methyl/N-ethyl adjacent to an activating group) is 1. The molecule has 1 aliphatic heterocycles. The molecule has 0 saturated carbocycles. The van der Waals surface area contributed by atoms with E-state index in [1.165, 1.54) is 0 Å². The minimum absolute atomic E-state index is 0.260. The molecule has 1 saturated heterocycles. The quantitative estimate of drug-likeness (QED) is 0.858. The largest absolute Gasteiger partial charge is 0.416 e. The summed E-state index contributed by atoms with van der Waals surface area (Å²) in [6.45, 7) is 3.13. The average Bonchev–Trinajstić information content (AvgIpc) is 2.51. The van der Waals surface area contributed by atoms with Crippen molar-refractivity contribution in [2.75, 3.05) is 13.1 Å². The number of halogens is 4. The van der Waals surface area contributed by atoms with Crippen LogP contribution in [0, 0.1) is 5.82 Å². The van der Waals surface area contributed by atoms with E-state index in [9.17, 15) is 22.4 Å². The molecule has 0 aliphatic carbocycles. The zero-order valence-electron chi connectivity index (χ0n) is 12.9. The van der Waals surface area contributed by atoms with Crippen molar-refractivity contribution in [1.29, 1.82) is 0 Å². The van der Waals surface area contributed by atoms with Crippen LogP contribution in [-0.2, 0) is 17.5 Å². The van der Waals surface area contributed by atoms with Crippen molar-refractivity contribution in [3.63, 3.8) is 0 Å². The molecule has 2 rings (SSSR count). The molecule has 3 nitrogen and oxygen atoms in total. The van der Waals surface area contributed by atoms with E-state index in [1.807, 2.05) is 11.8 Å².